The highest BCUT2D eigenvalue weighted by molar-refractivity contribution is 4.98. The fourth-order valence-corrected chi connectivity index (χ4v) is 1.07. The normalized spacial score (nSPS) is 13.2. The Bertz CT molecular complexity index is 230. The Hall–Kier alpha value is -0.830. The molecule has 0 radical (unpaired) electrons. The largest absolute Gasteiger partial charge is 0.393 e. The predicted molar refractivity (Wildman–Crippen MR) is 47.9 cm³/mol. The number of rotatable bonds is 4. The van der Waals surface area contributed by atoms with Crippen molar-refractivity contribution in [1.82, 2.24) is 9.78 Å². The Morgan fingerprint density at radius 3 is 2.92 bits per heavy atom. The molecule has 0 spiro atoms. The van der Waals surface area contributed by atoms with Crippen LogP contribution in [0.4, 0.5) is 0 Å². The maximum atomic E-state index is 9.04. The lowest BCUT2D eigenvalue weighted by Crippen LogP contribution is -2.02. The van der Waals surface area contributed by atoms with Crippen LogP contribution in [0.25, 0.3) is 0 Å². The van der Waals surface area contributed by atoms with Crippen molar-refractivity contribution in [1.29, 1.82) is 0 Å². The lowest BCUT2D eigenvalue weighted by Gasteiger charge is -2.00. The molecule has 12 heavy (non-hydrogen) atoms. The van der Waals surface area contributed by atoms with Crippen LogP contribution in [0, 0.1) is 0 Å². The summed E-state index contributed by atoms with van der Waals surface area (Å²) in [6.45, 7) is 4.77. The molecule has 0 aliphatic heterocycles. The van der Waals surface area contributed by atoms with E-state index in [0.717, 1.165) is 25.1 Å². The van der Waals surface area contributed by atoms with Gasteiger partial charge in [0.25, 0.3) is 0 Å². The van der Waals surface area contributed by atoms with Crippen LogP contribution in [0.15, 0.2) is 12.3 Å². The highest BCUT2D eigenvalue weighted by Gasteiger charge is 2.00. The molecule has 1 N–H and O–H groups in total. The molecule has 0 fully saturated rings. The van der Waals surface area contributed by atoms with Gasteiger partial charge in [-0.05, 0) is 32.8 Å². The molecule has 1 heterocycles. The molecule has 0 unspecified atom stereocenters. The van der Waals surface area contributed by atoms with Gasteiger partial charge in [-0.1, -0.05) is 0 Å². The number of aliphatic hydroxyl groups excluding tert-OH is 1. The predicted octanol–water partition coefficient (Wildman–Crippen LogP) is 1.22. The van der Waals surface area contributed by atoms with Gasteiger partial charge in [-0.3, -0.25) is 4.68 Å². The van der Waals surface area contributed by atoms with Gasteiger partial charge in [0.2, 0.25) is 0 Å². The summed E-state index contributed by atoms with van der Waals surface area (Å²) in [7, 11) is 0. The number of aryl methyl sites for hydroxylation is 2. The summed E-state index contributed by atoms with van der Waals surface area (Å²) >= 11 is 0. The quantitative estimate of drug-likeness (QED) is 0.734. The summed E-state index contributed by atoms with van der Waals surface area (Å²) in [6.07, 6.45) is 3.40. The van der Waals surface area contributed by atoms with Crippen LogP contribution >= 0.6 is 0 Å². The second-order valence-corrected chi connectivity index (χ2v) is 3.05. The van der Waals surface area contributed by atoms with E-state index in [1.165, 1.54) is 0 Å². The average molecular weight is 168 g/mol. The van der Waals surface area contributed by atoms with Crippen molar-refractivity contribution in [2.24, 2.45) is 0 Å². The Kier molecular flexibility index (Phi) is 3.29. The molecule has 0 bridgehead atoms. The highest BCUT2D eigenvalue weighted by Crippen LogP contribution is 2.02. The standard InChI is InChI=1S/C9H16N2O/c1-3-11-7-6-9(10-11)5-4-8(2)12/h6-8,12H,3-5H2,1-2H3/t8-/m1/s1. The van der Waals surface area contributed by atoms with Crippen LogP contribution in [0.1, 0.15) is 26.0 Å². The first kappa shape index (κ1) is 9.26. The van der Waals surface area contributed by atoms with Gasteiger partial charge in [0.1, 0.15) is 0 Å². The molecule has 1 atom stereocenters. The molecule has 0 aliphatic carbocycles. The number of nitrogens with zero attached hydrogens (tertiary/aromatic N) is 2. The third-order valence-corrected chi connectivity index (χ3v) is 1.84. The Balaban J connectivity index is 2.41. The topological polar surface area (TPSA) is 38.0 Å². The fourth-order valence-electron chi connectivity index (χ4n) is 1.07. The van der Waals surface area contributed by atoms with Gasteiger partial charge in [0.15, 0.2) is 0 Å². The molecule has 3 nitrogen and oxygen atoms in total. The Labute approximate surface area is 73.0 Å². The van der Waals surface area contributed by atoms with E-state index in [0.29, 0.717) is 0 Å². The van der Waals surface area contributed by atoms with E-state index in [4.69, 9.17) is 5.11 Å². The number of hydrogen-bond donors (Lipinski definition) is 1. The van der Waals surface area contributed by atoms with E-state index in [1.54, 1.807) is 6.92 Å². The zero-order valence-corrected chi connectivity index (χ0v) is 7.70. The minimum Gasteiger partial charge on any atom is -0.393 e. The number of aliphatic hydroxyl groups is 1. The molecule has 0 aliphatic rings. The number of aromatic nitrogens is 2. The van der Waals surface area contributed by atoms with Gasteiger partial charge >= 0.3 is 0 Å². The molecular weight excluding hydrogens is 152 g/mol. The summed E-state index contributed by atoms with van der Waals surface area (Å²) in [6, 6.07) is 2.01. The van der Waals surface area contributed by atoms with E-state index < -0.39 is 0 Å². The Morgan fingerprint density at radius 1 is 1.67 bits per heavy atom. The molecule has 0 saturated carbocycles. The van der Waals surface area contributed by atoms with Gasteiger partial charge in [-0.25, -0.2) is 0 Å². The molecule has 0 aromatic carbocycles. The second-order valence-electron chi connectivity index (χ2n) is 3.05. The van der Waals surface area contributed by atoms with Crippen molar-refractivity contribution < 1.29 is 5.11 Å². The third-order valence-electron chi connectivity index (χ3n) is 1.84. The molecule has 3 heteroatoms. The highest BCUT2D eigenvalue weighted by atomic mass is 16.3. The summed E-state index contributed by atoms with van der Waals surface area (Å²) in [4.78, 5) is 0. The minimum atomic E-state index is -0.225. The van der Waals surface area contributed by atoms with Crippen LogP contribution < -0.4 is 0 Å². The van der Waals surface area contributed by atoms with E-state index in [9.17, 15) is 0 Å². The molecule has 0 saturated heterocycles. The molecule has 1 rings (SSSR count). The smallest absolute Gasteiger partial charge is 0.0625 e. The first-order valence-corrected chi connectivity index (χ1v) is 4.42. The monoisotopic (exact) mass is 168 g/mol. The SMILES string of the molecule is CCn1ccc(CC[C@@H](C)O)n1. The molecule has 0 amide bonds. The van der Waals surface area contributed by atoms with Crippen molar-refractivity contribution in [3.8, 4) is 0 Å². The minimum absolute atomic E-state index is 0.225. The Morgan fingerprint density at radius 2 is 2.42 bits per heavy atom. The summed E-state index contributed by atoms with van der Waals surface area (Å²) in [5, 5.41) is 13.3. The second kappa shape index (κ2) is 4.26. The summed E-state index contributed by atoms with van der Waals surface area (Å²) < 4.78 is 1.90. The average Bonchev–Trinajstić information content (AvgIpc) is 2.48. The van der Waals surface area contributed by atoms with Crippen LogP contribution in [0.5, 0.6) is 0 Å². The van der Waals surface area contributed by atoms with E-state index in [2.05, 4.69) is 12.0 Å². The van der Waals surface area contributed by atoms with Gasteiger partial charge in [0.05, 0.1) is 11.8 Å². The molecule has 1 aromatic rings. The van der Waals surface area contributed by atoms with Crippen molar-refractivity contribution in [2.45, 2.75) is 39.3 Å². The first-order chi connectivity index (χ1) is 5.72. The van der Waals surface area contributed by atoms with Crippen LogP contribution in [-0.4, -0.2) is 21.0 Å². The van der Waals surface area contributed by atoms with Crippen molar-refractivity contribution >= 4 is 0 Å². The maximum Gasteiger partial charge on any atom is 0.0625 e. The summed E-state index contributed by atoms with van der Waals surface area (Å²) in [5.41, 5.74) is 1.07. The van der Waals surface area contributed by atoms with Crippen molar-refractivity contribution in [3.63, 3.8) is 0 Å². The van der Waals surface area contributed by atoms with E-state index in [-0.39, 0.29) is 6.10 Å². The van der Waals surface area contributed by atoms with Crippen LogP contribution in [0.2, 0.25) is 0 Å². The van der Waals surface area contributed by atoms with Crippen molar-refractivity contribution in [3.05, 3.63) is 18.0 Å². The van der Waals surface area contributed by atoms with Crippen LogP contribution in [-0.2, 0) is 13.0 Å². The third kappa shape index (κ3) is 2.66. The fraction of sp³-hybridized carbons (Fsp3) is 0.667. The lowest BCUT2D eigenvalue weighted by atomic mass is 10.2. The van der Waals surface area contributed by atoms with Gasteiger partial charge < -0.3 is 5.11 Å². The molecule has 68 valence electrons. The van der Waals surface area contributed by atoms with E-state index >= 15 is 0 Å². The maximum absolute atomic E-state index is 9.04. The molecular formula is C9H16N2O. The summed E-state index contributed by atoms with van der Waals surface area (Å²) in [5.74, 6) is 0. The number of hydrogen-bond acceptors (Lipinski definition) is 2. The van der Waals surface area contributed by atoms with Gasteiger partial charge in [-0.15, -0.1) is 0 Å². The van der Waals surface area contributed by atoms with Crippen LogP contribution in [0.3, 0.4) is 0 Å². The first-order valence-electron chi connectivity index (χ1n) is 4.42. The lowest BCUT2D eigenvalue weighted by molar-refractivity contribution is 0.184. The van der Waals surface area contributed by atoms with Gasteiger partial charge in [-0.2, -0.15) is 5.10 Å². The van der Waals surface area contributed by atoms with Gasteiger partial charge in [0, 0.05) is 12.7 Å². The van der Waals surface area contributed by atoms with E-state index in [1.807, 2.05) is 16.9 Å². The molecule has 1 aromatic heterocycles. The zero-order valence-electron chi connectivity index (χ0n) is 7.70. The zero-order chi connectivity index (χ0) is 8.97. The van der Waals surface area contributed by atoms with Crippen molar-refractivity contribution in [2.75, 3.05) is 0 Å².